The molecule has 0 aliphatic heterocycles. The van der Waals surface area contributed by atoms with Crippen LogP contribution in [-0.2, 0) is 11.3 Å². The van der Waals surface area contributed by atoms with Gasteiger partial charge in [0.15, 0.2) is 0 Å². The van der Waals surface area contributed by atoms with Crippen LogP contribution in [0.4, 0.5) is 4.39 Å². The molecule has 0 atom stereocenters. The van der Waals surface area contributed by atoms with Gasteiger partial charge >= 0.3 is 5.97 Å². The third-order valence-corrected chi connectivity index (χ3v) is 2.54. The molecular weight excluding hydrogens is 247 g/mol. The molecule has 0 amide bonds. The van der Waals surface area contributed by atoms with Gasteiger partial charge in [0.05, 0.1) is 6.07 Å². The van der Waals surface area contributed by atoms with E-state index in [9.17, 15) is 9.18 Å². The number of carboxylic acids is 1. The quantitative estimate of drug-likeness (QED) is 0.799. The minimum absolute atomic E-state index is 0.378. The molecule has 0 fully saturated rings. The maximum atomic E-state index is 13.8. The van der Waals surface area contributed by atoms with Crippen LogP contribution in [0.2, 0.25) is 0 Å². The summed E-state index contributed by atoms with van der Waals surface area (Å²) in [4.78, 5) is 12.2. The summed E-state index contributed by atoms with van der Waals surface area (Å²) >= 11 is 0. The standard InChI is InChI=1S/C14H15FN2O2/c1-17(8-2-7-16)10-12-5-3-11(9-13(12)15)4-6-14(18)19/h3-6,9H,2,8,10H2,1H3,(H,18,19). The second-order valence-corrected chi connectivity index (χ2v) is 4.17. The van der Waals surface area contributed by atoms with Crippen molar-refractivity contribution >= 4 is 12.0 Å². The Morgan fingerprint density at radius 1 is 1.58 bits per heavy atom. The number of carbonyl (C=O) groups is 1. The molecule has 0 radical (unpaired) electrons. The number of aliphatic carboxylic acids is 1. The molecule has 19 heavy (non-hydrogen) atoms. The Balaban J connectivity index is 2.72. The Kier molecular flexibility index (Phi) is 5.71. The van der Waals surface area contributed by atoms with Crippen molar-refractivity contribution in [1.82, 2.24) is 4.90 Å². The van der Waals surface area contributed by atoms with Gasteiger partial charge in [-0.05, 0) is 24.8 Å². The fourth-order valence-electron chi connectivity index (χ4n) is 1.57. The largest absolute Gasteiger partial charge is 0.478 e. The van der Waals surface area contributed by atoms with E-state index < -0.39 is 5.97 Å². The van der Waals surface area contributed by atoms with Gasteiger partial charge in [-0.15, -0.1) is 0 Å². The summed E-state index contributed by atoms with van der Waals surface area (Å²) in [5.74, 6) is -1.45. The molecule has 1 rings (SSSR count). The number of rotatable bonds is 6. The average Bonchev–Trinajstić information content (AvgIpc) is 2.36. The number of nitriles is 1. The SMILES string of the molecule is CN(CCC#N)Cc1ccc(C=CC(=O)O)cc1F. The van der Waals surface area contributed by atoms with Gasteiger partial charge in [0.2, 0.25) is 0 Å². The highest BCUT2D eigenvalue weighted by atomic mass is 19.1. The molecule has 1 aromatic carbocycles. The number of benzene rings is 1. The molecule has 1 aromatic rings. The zero-order chi connectivity index (χ0) is 14.3. The van der Waals surface area contributed by atoms with E-state index in [1.807, 2.05) is 18.0 Å². The molecule has 100 valence electrons. The van der Waals surface area contributed by atoms with Crippen LogP contribution in [0.15, 0.2) is 24.3 Å². The van der Waals surface area contributed by atoms with Crippen LogP contribution < -0.4 is 0 Å². The van der Waals surface area contributed by atoms with Crippen LogP contribution >= 0.6 is 0 Å². The number of hydrogen-bond donors (Lipinski definition) is 1. The van der Waals surface area contributed by atoms with Crippen molar-refractivity contribution in [2.75, 3.05) is 13.6 Å². The highest BCUT2D eigenvalue weighted by Gasteiger charge is 2.06. The summed E-state index contributed by atoms with van der Waals surface area (Å²) in [6.07, 6.45) is 2.71. The van der Waals surface area contributed by atoms with Crippen molar-refractivity contribution in [3.8, 4) is 6.07 Å². The van der Waals surface area contributed by atoms with Crippen molar-refractivity contribution in [1.29, 1.82) is 5.26 Å². The van der Waals surface area contributed by atoms with Crippen LogP contribution in [0, 0.1) is 17.1 Å². The normalized spacial score (nSPS) is 10.8. The lowest BCUT2D eigenvalue weighted by atomic mass is 10.1. The number of hydrogen-bond acceptors (Lipinski definition) is 3. The monoisotopic (exact) mass is 262 g/mol. The number of nitrogens with zero attached hydrogens (tertiary/aromatic N) is 2. The Hall–Kier alpha value is -2.19. The van der Waals surface area contributed by atoms with E-state index in [0.29, 0.717) is 30.6 Å². The Labute approximate surface area is 111 Å². The first-order chi connectivity index (χ1) is 9.02. The van der Waals surface area contributed by atoms with E-state index in [4.69, 9.17) is 10.4 Å². The molecule has 1 N–H and O–H groups in total. The molecule has 0 aromatic heterocycles. The molecule has 0 saturated carbocycles. The Morgan fingerprint density at radius 2 is 2.32 bits per heavy atom. The summed E-state index contributed by atoms with van der Waals surface area (Å²) in [5, 5.41) is 17.0. The third kappa shape index (κ3) is 5.32. The summed E-state index contributed by atoms with van der Waals surface area (Å²) in [6, 6.07) is 6.62. The molecule has 0 heterocycles. The maximum absolute atomic E-state index is 13.8. The van der Waals surface area contributed by atoms with Crippen LogP contribution in [0.25, 0.3) is 6.08 Å². The van der Waals surface area contributed by atoms with Crippen LogP contribution in [0.3, 0.4) is 0 Å². The van der Waals surface area contributed by atoms with E-state index in [1.165, 1.54) is 12.1 Å². The number of carboxylic acid groups (broad SMARTS) is 1. The fraction of sp³-hybridized carbons (Fsp3) is 0.286. The minimum Gasteiger partial charge on any atom is -0.478 e. The van der Waals surface area contributed by atoms with Gasteiger partial charge in [0, 0.05) is 31.1 Å². The van der Waals surface area contributed by atoms with Gasteiger partial charge in [-0.2, -0.15) is 5.26 Å². The molecule has 0 aliphatic carbocycles. The van der Waals surface area contributed by atoms with Crippen molar-refractivity contribution in [3.05, 3.63) is 41.2 Å². The second-order valence-electron chi connectivity index (χ2n) is 4.17. The number of halogens is 1. The zero-order valence-corrected chi connectivity index (χ0v) is 10.6. The van der Waals surface area contributed by atoms with Crippen LogP contribution in [-0.4, -0.2) is 29.6 Å². The first kappa shape index (κ1) is 14.9. The van der Waals surface area contributed by atoms with Gasteiger partial charge in [0.25, 0.3) is 0 Å². The minimum atomic E-state index is -1.07. The van der Waals surface area contributed by atoms with Gasteiger partial charge in [-0.1, -0.05) is 12.1 Å². The topological polar surface area (TPSA) is 64.3 Å². The molecule has 0 bridgehead atoms. The Bertz CT molecular complexity index is 521. The van der Waals surface area contributed by atoms with Gasteiger partial charge in [0.1, 0.15) is 5.82 Å². The molecule has 5 heteroatoms. The maximum Gasteiger partial charge on any atom is 0.328 e. The molecule has 4 nitrogen and oxygen atoms in total. The van der Waals surface area contributed by atoms with E-state index in [-0.39, 0.29) is 5.82 Å². The summed E-state index contributed by atoms with van der Waals surface area (Å²) < 4.78 is 13.8. The van der Waals surface area contributed by atoms with Gasteiger partial charge in [-0.3, -0.25) is 0 Å². The van der Waals surface area contributed by atoms with E-state index in [0.717, 1.165) is 6.08 Å². The summed E-state index contributed by atoms with van der Waals surface area (Å²) in [5.41, 5.74) is 1.02. The van der Waals surface area contributed by atoms with Crippen molar-refractivity contribution < 1.29 is 14.3 Å². The lowest BCUT2D eigenvalue weighted by Crippen LogP contribution is -2.19. The molecule has 0 unspecified atom stereocenters. The van der Waals surface area contributed by atoms with Gasteiger partial charge < -0.3 is 10.0 Å². The fourth-order valence-corrected chi connectivity index (χ4v) is 1.57. The van der Waals surface area contributed by atoms with Crippen LogP contribution in [0.5, 0.6) is 0 Å². The smallest absolute Gasteiger partial charge is 0.328 e. The lowest BCUT2D eigenvalue weighted by Gasteiger charge is -2.15. The zero-order valence-electron chi connectivity index (χ0n) is 10.6. The molecule has 0 saturated heterocycles. The highest BCUT2D eigenvalue weighted by Crippen LogP contribution is 2.13. The van der Waals surface area contributed by atoms with Crippen LogP contribution in [0.1, 0.15) is 17.5 Å². The molecule has 0 aliphatic rings. The van der Waals surface area contributed by atoms with E-state index >= 15 is 0 Å². The first-order valence-corrected chi connectivity index (χ1v) is 5.78. The summed E-state index contributed by atoms with van der Waals surface area (Å²) in [6.45, 7) is 0.993. The molecular formula is C14H15FN2O2. The van der Waals surface area contributed by atoms with Crippen molar-refractivity contribution in [2.24, 2.45) is 0 Å². The van der Waals surface area contributed by atoms with Gasteiger partial charge in [-0.25, -0.2) is 9.18 Å². The van der Waals surface area contributed by atoms with E-state index in [1.54, 1.807) is 12.1 Å². The highest BCUT2D eigenvalue weighted by molar-refractivity contribution is 5.85. The first-order valence-electron chi connectivity index (χ1n) is 5.78. The Morgan fingerprint density at radius 3 is 2.89 bits per heavy atom. The van der Waals surface area contributed by atoms with Crippen molar-refractivity contribution in [2.45, 2.75) is 13.0 Å². The lowest BCUT2D eigenvalue weighted by molar-refractivity contribution is -0.131. The molecule has 0 spiro atoms. The average molecular weight is 262 g/mol. The van der Waals surface area contributed by atoms with E-state index in [2.05, 4.69) is 0 Å². The second kappa shape index (κ2) is 7.29. The summed E-state index contributed by atoms with van der Waals surface area (Å²) in [7, 11) is 1.81. The van der Waals surface area contributed by atoms with Crippen molar-refractivity contribution in [3.63, 3.8) is 0 Å². The third-order valence-electron chi connectivity index (χ3n) is 2.54. The predicted molar refractivity (Wildman–Crippen MR) is 69.6 cm³/mol. The predicted octanol–water partition coefficient (Wildman–Crippen LogP) is 2.27.